The van der Waals surface area contributed by atoms with Gasteiger partial charge in [-0.15, -0.1) is 0 Å². The van der Waals surface area contributed by atoms with Gasteiger partial charge in [0.15, 0.2) is 5.16 Å². The number of carbonyl (C=O) groups excluding carboxylic acids is 1. The van der Waals surface area contributed by atoms with E-state index < -0.39 is 5.60 Å². The zero-order valence-corrected chi connectivity index (χ0v) is 15.3. The summed E-state index contributed by atoms with van der Waals surface area (Å²) < 4.78 is 5.30. The molecule has 0 fully saturated rings. The van der Waals surface area contributed by atoms with Gasteiger partial charge >= 0.3 is 5.97 Å². The lowest BCUT2D eigenvalue weighted by molar-refractivity contribution is -0.153. The Hall–Kier alpha value is -1.30. The van der Waals surface area contributed by atoms with Crippen molar-refractivity contribution in [2.24, 2.45) is 0 Å². The van der Waals surface area contributed by atoms with Crippen LogP contribution in [0.15, 0.2) is 40.4 Å². The van der Waals surface area contributed by atoms with E-state index in [9.17, 15) is 4.79 Å². The third-order valence-corrected chi connectivity index (χ3v) is 3.80. The minimum atomic E-state index is -0.476. The maximum absolute atomic E-state index is 11.8. The van der Waals surface area contributed by atoms with E-state index in [4.69, 9.17) is 27.9 Å². The summed E-state index contributed by atoms with van der Waals surface area (Å²) in [6, 6.07) is 9.01. The summed E-state index contributed by atoms with van der Waals surface area (Å²) in [7, 11) is 0. The van der Waals surface area contributed by atoms with Crippen LogP contribution in [0.3, 0.4) is 0 Å². The lowest BCUT2D eigenvalue weighted by Gasteiger charge is -2.19. The van der Waals surface area contributed by atoms with Gasteiger partial charge in [0.2, 0.25) is 0 Å². The van der Waals surface area contributed by atoms with Crippen molar-refractivity contribution in [3.63, 3.8) is 0 Å². The summed E-state index contributed by atoms with van der Waals surface area (Å²) >= 11 is 13.0. The second-order valence-electron chi connectivity index (χ2n) is 5.81. The molecule has 1 heterocycles. The molecule has 0 N–H and O–H groups in total. The highest BCUT2D eigenvalue weighted by Crippen LogP contribution is 2.27. The number of ether oxygens (including phenoxy) is 1. The van der Waals surface area contributed by atoms with Gasteiger partial charge in [-0.25, -0.2) is 9.97 Å². The predicted molar refractivity (Wildman–Crippen MR) is 92.2 cm³/mol. The smallest absolute Gasteiger partial charge is 0.310 e. The Balaban J connectivity index is 2.00. The molecule has 1 aromatic carbocycles. The Labute approximate surface area is 149 Å². The summed E-state index contributed by atoms with van der Waals surface area (Å²) in [5.74, 6) is -0.247. The van der Waals surface area contributed by atoms with Crippen molar-refractivity contribution < 1.29 is 9.53 Å². The molecule has 1 aromatic heterocycles. The molecule has 2 rings (SSSR count). The number of halogens is 2. The predicted octanol–water partition coefficient (Wildman–Crippen LogP) is 4.82. The number of carbonyl (C=O) groups is 1. The van der Waals surface area contributed by atoms with Crippen molar-refractivity contribution in [1.29, 1.82) is 0 Å². The number of hydrogen-bond acceptors (Lipinski definition) is 5. The largest absolute Gasteiger partial charge is 0.460 e. The van der Waals surface area contributed by atoms with E-state index in [1.165, 1.54) is 17.8 Å². The van der Waals surface area contributed by atoms with Crippen LogP contribution in [0.2, 0.25) is 10.3 Å². The molecule has 0 amide bonds. The Morgan fingerprint density at radius 2 is 1.70 bits per heavy atom. The molecule has 0 radical (unpaired) electrons. The molecule has 0 atom stereocenters. The first-order valence-electron chi connectivity index (χ1n) is 6.90. The van der Waals surface area contributed by atoms with Gasteiger partial charge < -0.3 is 4.74 Å². The quantitative estimate of drug-likeness (QED) is 0.438. The topological polar surface area (TPSA) is 52.1 Å². The van der Waals surface area contributed by atoms with Gasteiger partial charge in [-0.3, -0.25) is 4.79 Å². The van der Waals surface area contributed by atoms with E-state index in [-0.39, 0.29) is 12.4 Å². The summed E-state index contributed by atoms with van der Waals surface area (Å²) in [6.45, 7) is 5.54. The van der Waals surface area contributed by atoms with Crippen molar-refractivity contribution in [2.45, 2.75) is 42.8 Å². The first-order valence-corrected chi connectivity index (χ1v) is 8.47. The van der Waals surface area contributed by atoms with Gasteiger partial charge in [0.1, 0.15) is 15.9 Å². The molecular weight excluding hydrogens is 355 g/mol. The molecule has 122 valence electrons. The molecule has 23 heavy (non-hydrogen) atoms. The Morgan fingerprint density at radius 3 is 2.22 bits per heavy atom. The van der Waals surface area contributed by atoms with Crippen molar-refractivity contribution in [3.05, 3.63) is 46.2 Å². The van der Waals surface area contributed by atoms with Crippen LogP contribution < -0.4 is 0 Å². The van der Waals surface area contributed by atoms with E-state index in [2.05, 4.69) is 9.97 Å². The second kappa shape index (κ2) is 7.51. The maximum atomic E-state index is 11.8. The molecular formula is C16H16Cl2N2O2S. The summed E-state index contributed by atoms with van der Waals surface area (Å²) in [5.41, 5.74) is 0.407. The van der Waals surface area contributed by atoms with Crippen LogP contribution in [0.5, 0.6) is 0 Å². The molecule has 0 aliphatic heterocycles. The highest BCUT2D eigenvalue weighted by Gasteiger charge is 2.16. The van der Waals surface area contributed by atoms with Crippen molar-refractivity contribution >= 4 is 40.9 Å². The van der Waals surface area contributed by atoms with E-state index in [0.717, 1.165) is 10.5 Å². The standard InChI is InChI=1S/C16H16Cl2N2O2S/c1-16(2,3)22-14(21)8-10-4-6-11(7-5-10)23-15-19-12(17)9-13(18)20-15/h4-7,9H,8H2,1-3H3. The number of nitrogens with zero attached hydrogens (tertiary/aromatic N) is 2. The zero-order valence-electron chi connectivity index (χ0n) is 13.0. The first kappa shape index (κ1) is 18.0. The van der Waals surface area contributed by atoms with Crippen LogP contribution >= 0.6 is 35.0 Å². The highest BCUT2D eigenvalue weighted by molar-refractivity contribution is 7.99. The average molecular weight is 371 g/mol. The van der Waals surface area contributed by atoms with Gasteiger partial charge in [-0.1, -0.05) is 35.3 Å². The average Bonchev–Trinajstić information content (AvgIpc) is 2.37. The molecule has 0 aliphatic carbocycles. The summed E-state index contributed by atoms with van der Waals surface area (Å²) in [5, 5.41) is 1.07. The highest BCUT2D eigenvalue weighted by atomic mass is 35.5. The fraction of sp³-hybridized carbons (Fsp3) is 0.312. The third kappa shape index (κ3) is 6.37. The first-order chi connectivity index (χ1) is 10.7. The summed E-state index contributed by atoms with van der Waals surface area (Å²) in [4.78, 5) is 20.9. The van der Waals surface area contributed by atoms with Gasteiger partial charge in [0.05, 0.1) is 6.42 Å². The lowest BCUT2D eigenvalue weighted by atomic mass is 10.1. The molecule has 0 unspecified atom stereocenters. The van der Waals surface area contributed by atoms with Crippen molar-refractivity contribution in [2.75, 3.05) is 0 Å². The number of benzene rings is 1. The van der Waals surface area contributed by atoms with Crippen LogP contribution in [-0.4, -0.2) is 21.5 Å². The molecule has 0 saturated heterocycles. The van der Waals surface area contributed by atoms with Crippen molar-refractivity contribution in [1.82, 2.24) is 9.97 Å². The van der Waals surface area contributed by atoms with Crippen LogP contribution in [-0.2, 0) is 16.0 Å². The van der Waals surface area contributed by atoms with Crippen LogP contribution in [0, 0.1) is 0 Å². The fourth-order valence-electron chi connectivity index (χ4n) is 1.74. The number of rotatable bonds is 4. The van der Waals surface area contributed by atoms with Crippen LogP contribution in [0.1, 0.15) is 26.3 Å². The molecule has 2 aromatic rings. The molecule has 7 heteroatoms. The van der Waals surface area contributed by atoms with Crippen LogP contribution in [0.4, 0.5) is 0 Å². The SMILES string of the molecule is CC(C)(C)OC(=O)Cc1ccc(Sc2nc(Cl)cc(Cl)n2)cc1. The maximum Gasteiger partial charge on any atom is 0.310 e. The van der Waals surface area contributed by atoms with Gasteiger partial charge in [0, 0.05) is 11.0 Å². The van der Waals surface area contributed by atoms with Crippen LogP contribution in [0.25, 0.3) is 0 Å². The minimum Gasteiger partial charge on any atom is -0.460 e. The van der Waals surface area contributed by atoms with Gasteiger partial charge in [0.25, 0.3) is 0 Å². The second-order valence-corrected chi connectivity index (χ2v) is 7.62. The lowest BCUT2D eigenvalue weighted by Crippen LogP contribution is -2.24. The van der Waals surface area contributed by atoms with Crippen molar-refractivity contribution in [3.8, 4) is 0 Å². The van der Waals surface area contributed by atoms with Gasteiger partial charge in [-0.05, 0) is 50.2 Å². The van der Waals surface area contributed by atoms with E-state index in [1.807, 2.05) is 45.0 Å². The zero-order chi connectivity index (χ0) is 17.0. The monoisotopic (exact) mass is 370 g/mol. The molecule has 0 spiro atoms. The Bertz CT molecular complexity index is 680. The van der Waals surface area contributed by atoms with Gasteiger partial charge in [-0.2, -0.15) is 0 Å². The molecule has 4 nitrogen and oxygen atoms in total. The number of aromatic nitrogens is 2. The number of esters is 1. The molecule has 0 saturated carbocycles. The molecule has 0 aliphatic rings. The normalized spacial score (nSPS) is 11.3. The Morgan fingerprint density at radius 1 is 1.13 bits per heavy atom. The van der Waals surface area contributed by atoms with E-state index in [1.54, 1.807) is 0 Å². The van der Waals surface area contributed by atoms with E-state index >= 15 is 0 Å². The van der Waals surface area contributed by atoms with E-state index in [0.29, 0.717) is 15.5 Å². The third-order valence-electron chi connectivity index (χ3n) is 2.54. The minimum absolute atomic E-state index is 0.238. The Kier molecular flexibility index (Phi) is 5.89. The molecule has 0 bridgehead atoms. The number of hydrogen-bond donors (Lipinski definition) is 0. The summed E-state index contributed by atoms with van der Waals surface area (Å²) in [6.07, 6.45) is 0.238. The fourth-order valence-corrected chi connectivity index (χ4v) is 3.04.